The molecule has 20 heavy (non-hydrogen) atoms. The first-order valence-electron chi connectivity index (χ1n) is 6.26. The molecule has 0 aliphatic heterocycles. The van der Waals surface area contributed by atoms with Gasteiger partial charge in [-0.3, -0.25) is 4.79 Å². The predicted molar refractivity (Wildman–Crippen MR) is 77.4 cm³/mol. The Hall–Kier alpha value is -1.82. The third kappa shape index (κ3) is 4.09. The number of thioether (sulfide) groups is 1. The van der Waals surface area contributed by atoms with E-state index < -0.39 is 0 Å². The van der Waals surface area contributed by atoms with Crippen molar-refractivity contribution in [1.29, 1.82) is 0 Å². The van der Waals surface area contributed by atoms with E-state index in [9.17, 15) is 4.79 Å². The lowest BCUT2D eigenvalue weighted by Gasteiger charge is -2.15. The molecule has 1 amide bonds. The summed E-state index contributed by atoms with van der Waals surface area (Å²) in [6, 6.07) is 5.57. The Bertz CT molecular complexity index is 564. The number of hydrogen-bond donors (Lipinski definition) is 0. The van der Waals surface area contributed by atoms with Gasteiger partial charge in [0.05, 0.1) is 18.6 Å². The summed E-state index contributed by atoms with van der Waals surface area (Å²) in [5.74, 6) is 1.11. The maximum Gasteiger partial charge on any atom is 0.233 e. The van der Waals surface area contributed by atoms with Crippen LogP contribution in [0.15, 0.2) is 34.0 Å². The van der Waals surface area contributed by atoms with Crippen LogP contribution in [0.2, 0.25) is 0 Å². The van der Waals surface area contributed by atoms with E-state index in [1.54, 1.807) is 18.2 Å². The molecule has 2 heterocycles. The summed E-state index contributed by atoms with van der Waals surface area (Å²) in [6.07, 6.45) is 1.60. The predicted octanol–water partition coefficient (Wildman–Crippen LogP) is 2.44. The lowest BCUT2D eigenvalue weighted by molar-refractivity contribution is -0.127. The van der Waals surface area contributed by atoms with Crippen LogP contribution in [0.5, 0.6) is 0 Å². The SMILES string of the molecule is Cc1cc(C)nc(SCC(=O)N(C)Cc2ccco2)n1. The Kier molecular flexibility index (Phi) is 4.79. The van der Waals surface area contributed by atoms with E-state index in [2.05, 4.69) is 9.97 Å². The Balaban J connectivity index is 1.88. The molecule has 5 nitrogen and oxygen atoms in total. The van der Waals surface area contributed by atoms with E-state index >= 15 is 0 Å². The molecule has 0 aliphatic rings. The van der Waals surface area contributed by atoms with Crippen LogP contribution in [0, 0.1) is 13.8 Å². The molecular formula is C14H17N3O2S. The van der Waals surface area contributed by atoms with Crippen LogP contribution in [-0.4, -0.2) is 33.6 Å². The van der Waals surface area contributed by atoms with Gasteiger partial charge in [0.2, 0.25) is 5.91 Å². The third-order valence-electron chi connectivity index (χ3n) is 2.69. The van der Waals surface area contributed by atoms with Gasteiger partial charge in [-0.2, -0.15) is 0 Å². The van der Waals surface area contributed by atoms with Crippen molar-refractivity contribution in [3.63, 3.8) is 0 Å². The first-order valence-corrected chi connectivity index (χ1v) is 7.24. The second kappa shape index (κ2) is 6.56. The number of aromatic nitrogens is 2. The highest BCUT2D eigenvalue weighted by molar-refractivity contribution is 7.99. The van der Waals surface area contributed by atoms with Crippen LogP contribution in [-0.2, 0) is 11.3 Å². The van der Waals surface area contributed by atoms with Gasteiger partial charge in [0.1, 0.15) is 5.76 Å². The van der Waals surface area contributed by atoms with Crippen LogP contribution in [0.3, 0.4) is 0 Å². The Morgan fingerprint density at radius 1 is 1.35 bits per heavy atom. The highest BCUT2D eigenvalue weighted by Gasteiger charge is 2.12. The fraction of sp³-hybridized carbons (Fsp3) is 0.357. The number of amides is 1. The normalized spacial score (nSPS) is 10.6. The zero-order valence-electron chi connectivity index (χ0n) is 11.8. The molecule has 6 heteroatoms. The van der Waals surface area contributed by atoms with Gasteiger partial charge < -0.3 is 9.32 Å². The highest BCUT2D eigenvalue weighted by atomic mass is 32.2. The maximum absolute atomic E-state index is 12.0. The fourth-order valence-electron chi connectivity index (χ4n) is 1.72. The number of hydrogen-bond acceptors (Lipinski definition) is 5. The minimum atomic E-state index is 0.0224. The first-order chi connectivity index (χ1) is 9.54. The monoisotopic (exact) mass is 291 g/mol. The number of nitrogens with zero attached hydrogens (tertiary/aromatic N) is 3. The van der Waals surface area contributed by atoms with Crippen molar-refractivity contribution >= 4 is 17.7 Å². The minimum absolute atomic E-state index is 0.0224. The molecule has 2 aromatic rings. The quantitative estimate of drug-likeness (QED) is 0.625. The number of aryl methyl sites for hydroxylation is 2. The molecule has 0 N–H and O–H groups in total. The molecule has 2 aromatic heterocycles. The molecule has 106 valence electrons. The van der Waals surface area contributed by atoms with Crippen LogP contribution >= 0.6 is 11.8 Å². The minimum Gasteiger partial charge on any atom is -0.467 e. The second-order valence-corrected chi connectivity index (χ2v) is 5.49. The lowest BCUT2D eigenvalue weighted by Crippen LogP contribution is -2.27. The van der Waals surface area contributed by atoms with Gasteiger partial charge in [0.15, 0.2) is 5.16 Å². The van der Waals surface area contributed by atoms with Crippen molar-refractivity contribution < 1.29 is 9.21 Å². The molecule has 0 radical (unpaired) electrons. The molecule has 0 fully saturated rings. The number of carbonyl (C=O) groups excluding carboxylic acids is 1. The van der Waals surface area contributed by atoms with E-state index in [1.807, 2.05) is 32.0 Å². The fourth-order valence-corrected chi connectivity index (χ4v) is 2.61. The maximum atomic E-state index is 12.0. The molecule has 0 atom stereocenters. The van der Waals surface area contributed by atoms with E-state index in [0.29, 0.717) is 17.5 Å². The van der Waals surface area contributed by atoms with E-state index in [-0.39, 0.29) is 5.91 Å². The van der Waals surface area contributed by atoms with Gasteiger partial charge in [-0.25, -0.2) is 9.97 Å². The van der Waals surface area contributed by atoms with Gasteiger partial charge >= 0.3 is 0 Å². The van der Waals surface area contributed by atoms with Crippen LogP contribution in [0.1, 0.15) is 17.1 Å². The van der Waals surface area contributed by atoms with Crippen LogP contribution < -0.4 is 0 Å². The lowest BCUT2D eigenvalue weighted by atomic mass is 10.4. The number of rotatable bonds is 5. The van der Waals surface area contributed by atoms with Crippen molar-refractivity contribution in [2.45, 2.75) is 25.5 Å². The summed E-state index contributed by atoms with van der Waals surface area (Å²) in [7, 11) is 1.76. The van der Waals surface area contributed by atoms with E-state index in [4.69, 9.17) is 4.42 Å². The smallest absolute Gasteiger partial charge is 0.233 e. The average molecular weight is 291 g/mol. The largest absolute Gasteiger partial charge is 0.467 e. The van der Waals surface area contributed by atoms with Crippen molar-refractivity contribution in [1.82, 2.24) is 14.9 Å². The van der Waals surface area contributed by atoms with E-state index in [1.165, 1.54) is 11.8 Å². The van der Waals surface area contributed by atoms with Crippen molar-refractivity contribution in [3.05, 3.63) is 41.6 Å². The van der Waals surface area contributed by atoms with Crippen molar-refractivity contribution in [3.8, 4) is 0 Å². The Morgan fingerprint density at radius 3 is 2.65 bits per heavy atom. The Labute approximate surface area is 122 Å². The van der Waals surface area contributed by atoms with Crippen molar-refractivity contribution in [2.75, 3.05) is 12.8 Å². The molecular weight excluding hydrogens is 274 g/mol. The van der Waals surface area contributed by atoms with Gasteiger partial charge in [0, 0.05) is 18.4 Å². The topological polar surface area (TPSA) is 59.2 Å². The third-order valence-corrected chi connectivity index (χ3v) is 3.52. The zero-order chi connectivity index (χ0) is 14.5. The summed E-state index contributed by atoms with van der Waals surface area (Å²) < 4.78 is 5.22. The molecule has 0 bridgehead atoms. The Morgan fingerprint density at radius 2 is 2.05 bits per heavy atom. The van der Waals surface area contributed by atoms with Gasteiger partial charge in [0.25, 0.3) is 0 Å². The summed E-state index contributed by atoms with van der Waals surface area (Å²) in [5.41, 5.74) is 1.83. The average Bonchev–Trinajstić information content (AvgIpc) is 2.87. The first kappa shape index (κ1) is 14.6. The molecule has 0 saturated heterocycles. The number of carbonyl (C=O) groups is 1. The van der Waals surface area contributed by atoms with E-state index in [0.717, 1.165) is 17.1 Å². The summed E-state index contributed by atoms with van der Waals surface area (Å²) in [5, 5.41) is 0.641. The standard InChI is InChI=1S/C14H17N3O2S/c1-10-7-11(2)16-14(15-10)20-9-13(18)17(3)8-12-5-4-6-19-12/h4-7H,8-9H2,1-3H3. The van der Waals surface area contributed by atoms with Gasteiger partial charge in [-0.15, -0.1) is 0 Å². The zero-order valence-corrected chi connectivity index (χ0v) is 12.6. The van der Waals surface area contributed by atoms with Crippen molar-refractivity contribution in [2.24, 2.45) is 0 Å². The second-order valence-electron chi connectivity index (χ2n) is 4.55. The molecule has 0 saturated carbocycles. The molecule has 0 aromatic carbocycles. The van der Waals surface area contributed by atoms with Crippen LogP contribution in [0.4, 0.5) is 0 Å². The summed E-state index contributed by atoms with van der Waals surface area (Å²) in [4.78, 5) is 22.3. The number of furan rings is 1. The van der Waals surface area contributed by atoms with Gasteiger partial charge in [-0.1, -0.05) is 11.8 Å². The molecule has 0 spiro atoms. The molecule has 0 aliphatic carbocycles. The molecule has 2 rings (SSSR count). The molecule has 0 unspecified atom stereocenters. The van der Waals surface area contributed by atoms with Crippen LogP contribution in [0.25, 0.3) is 0 Å². The van der Waals surface area contributed by atoms with Gasteiger partial charge in [-0.05, 0) is 32.0 Å². The summed E-state index contributed by atoms with van der Waals surface area (Å²) >= 11 is 1.35. The highest BCUT2D eigenvalue weighted by Crippen LogP contribution is 2.15. The summed E-state index contributed by atoms with van der Waals surface area (Å²) in [6.45, 7) is 4.31.